The molecule has 178 valence electrons. The van der Waals surface area contributed by atoms with Crippen molar-refractivity contribution >= 4 is 15.7 Å². The number of sulfone groups is 1. The van der Waals surface area contributed by atoms with Crippen molar-refractivity contribution in [3.63, 3.8) is 0 Å². The first kappa shape index (κ1) is 24.2. The van der Waals surface area contributed by atoms with Crippen molar-refractivity contribution in [2.75, 3.05) is 6.61 Å². The summed E-state index contributed by atoms with van der Waals surface area (Å²) < 4.78 is 73.0. The number of nitrogens with zero attached hydrogens (tertiary/aromatic N) is 5. The van der Waals surface area contributed by atoms with E-state index in [4.69, 9.17) is 10.5 Å². The van der Waals surface area contributed by atoms with Crippen molar-refractivity contribution < 1.29 is 31.1 Å². The Labute approximate surface area is 187 Å². The van der Waals surface area contributed by atoms with Crippen LogP contribution in [0.25, 0.3) is 5.82 Å². The van der Waals surface area contributed by atoms with Crippen LogP contribution < -0.4 is 10.5 Å². The maximum Gasteiger partial charge on any atom is 0.397 e. The van der Waals surface area contributed by atoms with E-state index in [0.29, 0.717) is 0 Å². The Balaban J connectivity index is 1.99. The van der Waals surface area contributed by atoms with Gasteiger partial charge in [-0.3, -0.25) is 9.48 Å². The van der Waals surface area contributed by atoms with E-state index in [1.165, 1.54) is 49.2 Å². The number of carbonyl (C=O) groups excluding carboxylic acids is 1. The van der Waals surface area contributed by atoms with Crippen LogP contribution in [0, 0.1) is 12.3 Å². The number of nitrogens with two attached hydrogens (primary N) is 1. The molecule has 0 bridgehead atoms. The molecule has 0 aromatic carbocycles. The average Bonchev–Trinajstić information content (AvgIpc) is 3.31. The Bertz CT molecular complexity index is 1310. The van der Waals surface area contributed by atoms with Crippen molar-refractivity contribution in [3.8, 4) is 11.7 Å². The molecule has 14 heteroatoms. The number of aromatic nitrogens is 5. The Morgan fingerprint density at radius 3 is 2.39 bits per heavy atom. The van der Waals surface area contributed by atoms with Crippen LogP contribution in [0.4, 0.5) is 13.2 Å². The van der Waals surface area contributed by atoms with Gasteiger partial charge in [0.1, 0.15) is 11.5 Å². The van der Waals surface area contributed by atoms with E-state index in [9.17, 15) is 26.4 Å². The number of primary amides is 1. The molecule has 3 rings (SSSR count). The number of halogens is 3. The summed E-state index contributed by atoms with van der Waals surface area (Å²) in [5, 5.41) is 7.40. The lowest BCUT2D eigenvalue weighted by Gasteiger charge is -2.26. The van der Waals surface area contributed by atoms with Gasteiger partial charge >= 0.3 is 6.18 Å². The predicted octanol–water partition coefficient (Wildman–Crippen LogP) is 2.21. The lowest BCUT2D eigenvalue weighted by molar-refractivity contribution is -0.219. The summed E-state index contributed by atoms with van der Waals surface area (Å²) in [5.74, 6) is -1.15. The third kappa shape index (κ3) is 4.69. The molecule has 0 saturated heterocycles. The Kier molecular flexibility index (Phi) is 6.00. The highest BCUT2D eigenvalue weighted by Gasteiger charge is 2.48. The summed E-state index contributed by atoms with van der Waals surface area (Å²) in [6.07, 6.45) is -1.88. The van der Waals surface area contributed by atoms with Gasteiger partial charge in [-0.2, -0.15) is 18.3 Å². The van der Waals surface area contributed by atoms with E-state index in [2.05, 4.69) is 15.2 Å². The SMILES string of the molecule is Cc1nn(C)cc1S(=O)(=O)c1nc(-n2ccc(OCC(C)(C)C(F)(F)F)n2)ccc1C(N)=O. The van der Waals surface area contributed by atoms with Gasteiger partial charge in [0.15, 0.2) is 10.8 Å². The van der Waals surface area contributed by atoms with Crippen LogP contribution >= 0.6 is 0 Å². The van der Waals surface area contributed by atoms with Crippen LogP contribution in [-0.4, -0.2) is 51.7 Å². The molecule has 1 amide bonds. The summed E-state index contributed by atoms with van der Waals surface area (Å²) in [5.41, 5.74) is 3.09. The quantitative estimate of drug-likeness (QED) is 0.541. The van der Waals surface area contributed by atoms with Crippen molar-refractivity contribution in [3.05, 3.63) is 41.9 Å². The van der Waals surface area contributed by atoms with Crippen molar-refractivity contribution in [1.82, 2.24) is 24.5 Å². The summed E-state index contributed by atoms with van der Waals surface area (Å²) in [4.78, 5) is 15.8. The van der Waals surface area contributed by atoms with Gasteiger partial charge in [-0.25, -0.2) is 18.1 Å². The summed E-state index contributed by atoms with van der Waals surface area (Å²) in [7, 11) is -2.75. The molecule has 0 atom stereocenters. The molecule has 3 aromatic heterocycles. The van der Waals surface area contributed by atoms with Gasteiger partial charge in [0.05, 0.1) is 16.7 Å². The van der Waals surface area contributed by atoms with Gasteiger partial charge in [-0.15, -0.1) is 5.10 Å². The fraction of sp³-hybridized carbons (Fsp3) is 0.368. The number of carbonyl (C=O) groups is 1. The van der Waals surface area contributed by atoms with E-state index < -0.39 is 39.0 Å². The molecule has 0 saturated carbocycles. The summed E-state index contributed by atoms with van der Waals surface area (Å²) in [6.45, 7) is 2.79. The van der Waals surface area contributed by atoms with Crippen molar-refractivity contribution in [2.45, 2.75) is 36.9 Å². The van der Waals surface area contributed by atoms with E-state index in [-0.39, 0.29) is 27.9 Å². The minimum atomic E-state index is -4.48. The predicted molar refractivity (Wildman–Crippen MR) is 109 cm³/mol. The second-order valence-electron chi connectivity index (χ2n) is 7.91. The normalized spacial score (nSPS) is 12.7. The number of amides is 1. The molecule has 0 spiro atoms. The number of aryl methyl sites for hydroxylation is 2. The molecular formula is C19H21F3N6O4S. The summed E-state index contributed by atoms with van der Waals surface area (Å²) >= 11 is 0. The van der Waals surface area contributed by atoms with Gasteiger partial charge in [0, 0.05) is 25.5 Å². The lowest BCUT2D eigenvalue weighted by Crippen LogP contribution is -2.37. The first-order valence-electron chi connectivity index (χ1n) is 9.45. The van der Waals surface area contributed by atoms with Crippen LogP contribution in [0.2, 0.25) is 0 Å². The van der Waals surface area contributed by atoms with E-state index in [0.717, 1.165) is 18.5 Å². The largest absolute Gasteiger partial charge is 0.476 e. The molecule has 33 heavy (non-hydrogen) atoms. The number of pyridine rings is 1. The zero-order valence-corrected chi connectivity index (χ0v) is 18.9. The van der Waals surface area contributed by atoms with Gasteiger partial charge in [0.25, 0.3) is 5.91 Å². The Morgan fingerprint density at radius 2 is 1.85 bits per heavy atom. The van der Waals surface area contributed by atoms with E-state index >= 15 is 0 Å². The smallest absolute Gasteiger partial charge is 0.397 e. The third-order valence-electron chi connectivity index (χ3n) is 4.77. The van der Waals surface area contributed by atoms with Crippen molar-refractivity contribution in [1.29, 1.82) is 0 Å². The molecule has 0 aliphatic carbocycles. The minimum Gasteiger partial charge on any atom is -0.476 e. The topological polar surface area (TPSA) is 135 Å². The molecule has 2 N–H and O–H groups in total. The number of alkyl halides is 3. The molecule has 0 aliphatic rings. The molecule has 0 radical (unpaired) electrons. The zero-order valence-electron chi connectivity index (χ0n) is 18.1. The van der Waals surface area contributed by atoms with Crippen LogP contribution in [-0.2, 0) is 16.9 Å². The van der Waals surface area contributed by atoms with Gasteiger partial charge < -0.3 is 10.5 Å². The first-order chi connectivity index (χ1) is 15.1. The van der Waals surface area contributed by atoms with Crippen LogP contribution in [0.15, 0.2) is 40.5 Å². The number of rotatable bonds is 7. The molecule has 0 fully saturated rings. The number of ether oxygens (including phenoxy) is 1. The maximum absolute atomic E-state index is 13.2. The number of hydrogen-bond acceptors (Lipinski definition) is 7. The molecule has 0 aliphatic heterocycles. The number of hydrogen-bond donors (Lipinski definition) is 1. The van der Waals surface area contributed by atoms with Crippen LogP contribution in [0.5, 0.6) is 5.88 Å². The van der Waals surface area contributed by atoms with E-state index in [1.807, 2.05) is 0 Å². The molecule has 3 aromatic rings. The maximum atomic E-state index is 13.2. The highest BCUT2D eigenvalue weighted by atomic mass is 32.2. The first-order valence-corrected chi connectivity index (χ1v) is 10.9. The molecule has 10 nitrogen and oxygen atoms in total. The van der Waals surface area contributed by atoms with Gasteiger partial charge in [0.2, 0.25) is 15.7 Å². The molecule has 3 heterocycles. The third-order valence-corrected chi connectivity index (χ3v) is 6.57. The minimum absolute atomic E-state index is 0.0231. The highest BCUT2D eigenvalue weighted by Crippen LogP contribution is 2.37. The Morgan fingerprint density at radius 1 is 1.18 bits per heavy atom. The fourth-order valence-electron chi connectivity index (χ4n) is 2.74. The standard InChI is InChI=1S/C19H21F3N6O4S/c1-11-13(9-27(4)25-11)33(30,31)17-12(16(23)29)5-6-14(24-17)28-8-7-15(26-28)32-10-18(2,3)19(20,21)22/h5-9H,10H2,1-4H3,(H2,23,29). The summed E-state index contributed by atoms with van der Waals surface area (Å²) in [6, 6.07) is 3.78. The van der Waals surface area contributed by atoms with E-state index in [1.54, 1.807) is 0 Å². The fourth-order valence-corrected chi connectivity index (χ4v) is 4.35. The monoisotopic (exact) mass is 486 g/mol. The van der Waals surface area contributed by atoms with Crippen LogP contribution in [0.3, 0.4) is 0 Å². The lowest BCUT2D eigenvalue weighted by atomic mass is 9.94. The van der Waals surface area contributed by atoms with Crippen LogP contribution in [0.1, 0.15) is 29.9 Å². The van der Waals surface area contributed by atoms with Gasteiger partial charge in [-0.05, 0) is 32.9 Å². The zero-order chi connectivity index (χ0) is 24.8. The molecular weight excluding hydrogens is 465 g/mol. The highest BCUT2D eigenvalue weighted by molar-refractivity contribution is 7.91. The Hall–Kier alpha value is -3.42. The average molecular weight is 486 g/mol. The molecule has 0 unspecified atom stereocenters. The van der Waals surface area contributed by atoms with Gasteiger partial charge in [-0.1, -0.05) is 0 Å². The van der Waals surface area contributed by atoms with Crippen molar-refractivity contribution in [2.24, 2.45) is 18.2 Å². The second-order valence-corrected chi connectivity index (χ2v) is 9.74. The second kappa shape index (κ2) is 8.17.